The van der Waals surface area contributed by atoms with Crippen LogP contribution in [0.1, 0.15) is 5.56 Å². The van der Waals surface area contributed by atoms with Crippen molar-refractivity contribution < 1.29 is 31.1 Å². The van der Waals surface area contributed by atoms with Crippen molar-refractivity contribution in [2.24, 2.45) is 0 Å². The van der Waals surface area contributed by atoms with E-state index in [0.717, 1.165) is 6.26 Å². The Morgan fingerprint density at radius 2 is 1.83 bits per heavy atom. The molecule has 0 aromatic heterocycles. The first-order valence-corrected chi connectivity index (χ1v) is 10.6. The summed E-state index contributed by atoms with van der Waals surface area (Å²) in [7, 11) is -3.43. The van der Waals surface area contributed by atoms with Crippen LogP contribution in [0.5, 0.6) is 5.75 Å². The van der Waals surface area contributed by atoms with E-state index in [-0.39, 0.29) is 24.6 Å². The van der Waals surface area contributed by atoms with Gasteiger partial charge in [-0.15, -0.1) is 0 Å². The molecular weight excluding hydrogens is 409 g/mol. The fraction of sp³-hybridized carbons (Fsp3) is 0.316. The average molecular weight is 428 g/mol. The number of nitrogens with zero attached hydrogens (tertiary/aromatic N) is 1. The molecule has 1 heterocycles. The normalized spacial score (nSPS) is 16.3. The van der Waals surface area contributed by atoms with Gasteiger partial charge >= 0.3 is 12.1 Å². The molecule has 1 unspecified atom stereocenters. The zero-order chi connectivity index (χ0) is 21.2. The molecule has 10 heteroatoms. The van der Waals surface area contributed by atoms with Gasteiger partial charge in [0.15, 0.2) is 9.84 Å². The molecule has 0 saturated carbocycles. The molecule has 1 amide bonds. The summed E-state index contributed by atoms with van der Waals surface area (Å²) in [5, 5.41) is 3.08. The molecule has 156 valence electrons. The predicted octanol–water partition coefficient (Wildman–Crippen LogP) is 2.85. The third-order valence-corrected chi connectivity index (χ3v) is 5.51. The summed E-state index contributed by atoms with van der Waals surface area (Å²) in [6.07, 6.45) is -3.99. The summed E-state index contributed by atoms with van der Waals surface area (Å²) in [5.41, 5.74) is 1.02. The summed E-state index contributed by atoms with van der Waals surface area (Å²) in [6, 6.07) is 11.9. The minimum absolute atomic E-state index is 0.0499. The predicted molar refractivity (Wildman–Crippen MR) is 100 cm³/mol. The maximum atomic E-state index is 13.1. The van der Waals surface area contributed by atoms with Crippen LogP contribution in [0.4, 0.5) is 18.9 Å². The van der Waals surface area contributed by atoms with Crippen molar-refractivity contribution >= 4 is 21.4 Å². The third-order valence-electron chi connectivity index (χ3n) is 4.38. The topological polar surface area (TPSA) is 75.7 Å². The molecule has 0 spiro atoms. The zero-order valence-electron chi connectivity index (χ0n) is 15.4. The molecule has 1 aliphatic heterocycles. The Bertz CT molecular complexity index is 991. The van der Waals surface area contributed by atoms with Crippen LogP contribution in [-0.2, 0) is 21.2 Å². The van der Waals surface area contributed by atoms with Gasteiger partial charge in [-0.3, -0.25) is 4.79 Å². The zero-order valence-corrected chi connectivity index (χ0v) is 16.3. The number of para-hydroxylation sites is 2. The smallest absolute Gasteiger partial charge is 0.471 e. The van der Waals surface area contributed by atoms with Crippen LogP contribution in [0.15, 0.2) is 53.4 Å². The standard InChI is InChI=1S/C19H19F3N2O4S/c1-29(26,27)15-8-6-13(7-9-15)10-24(18(25)19(20,21)22)11-14-12-28-17-5-3-2-4-16(17)23-14/h2-9,14,23H,10-12H2,1H3. The van der Waals surface area contributed by atoms with Gasteiger partial charge in [-0.2, -0.15) is 13.2 Å². The SMILES string of the molecule is CS(=O)(=O)c1ccc(CN(CC2COc3ccccc3N2)C(=O)C(F)(F)F)cc1. The molecule has 0 bridgehead atoms. The summed E-state index contributed by atoms with van der Waals surface area (Å²) in [6.45, 7) is -0.450. The second-order valence-corrected chi connectivity index (χ2v) is 8.76. The monoisotopic (exact) mass is 428 g/mol. The van der Waals surface area contributed by atoms with Gasteiger partial charge in [-0.25, -0.2) is 8.42 Å². The molecule has 0 fully saturated rings. The number of amides is 1. The van der Waals surface area contributed by atoms with Crippen molar-refractivity contribution in [1.82, 2.24) is 4.90 Å². The first-order valence-electron chi connectivity index (χ1n) is 8.67. The molecule has 1 aliphatic rings. The lowest BCUT2D eigenvalue weighted by Gasteiger charge is -2.32. The van der Waals surface area contributed by atoms with Crippen molar-refractivity contribution in [3.05, 3.63) is 54.1 Å². The number of carbonyl (C=O) groups is 1. The molecule has 0 aliphatic carbocycles. The highest BCUT2D eigenvalue weighted by molar-refractivity contribution is 7.90. The number of nitrogens with one attached hydrogen (secondary N) is 1. The van der Waals surface area contributed by atoms with Gasteiger partial charge < -0.3 is 15.0 Å². The van der Waals surface area contributed by atoms with Crippen LogP contribution in [0.25, 0.3) is 0 Å². The third kappa shape index (κ3) is 5.20. The van der Waals surface area contributed by atoms with Crippen LogP contribution in [-0.4, -0.2) is 50.9 Å². The number of hydrogen-bond acceptors (Lipinski definition) is 5. The highest BCUT2D eigenvalue weighted by Crippen LogP contribution is 2.29. The van der Waals surface area contributed by atoms with Gasteiger partial charge in [0.1, 0.15) is 12.4 Å². The van der Waals surface area contributed by atoms with Crippen LogP contribution >= 0.6 is 0 Å². The fourth-order valence-corrected chi connectivity index (χ4v) is 3.62. The number of sulfone groups is 1. The first kappa shape index (κ1) is 21.0. The van der Waals surface area contributed by atoms with E-state index in [0.29, 0.717) is 21.9 Å². The van der Waals surface area contributed by atoms with Gasteiger partial charge in [0.25, 0.3) is 0 Å². The number of alkyl halides is 3. The van der Waals surface area contributed by atoms with Crippen LogP contribution in [0.2, 0.25) is 0 Å². The highest BCUT2D eigenvalue weighted by atomic mass is 32.2. The van der Waals surface area contributed by atoms with E-state index in [1.807, 2.05) is 0 Å². The number of carbonyl (C=O) groups excluding carboxylic acids is 1. The summed E-state index contributed by atoms with van der Waals surface area (Å²) < 4.78 is 67.9. The van der Waals surface area contributed by atoms with Crippen molar-refractivity contribution in [3.63, 3.8) is 0 Å². The second-order valence-electron chi connectivity index (χ2n) is 6.75. The molecule has 0 radical (unpaired) electrons. The van der Waals surface area contributed by atoms with Gasteiger partial charge in [0.2, 0.25) is 0 Å². The number of hydrogen-bond donors (Lipinski definition) is 1. The van der Waals surface area contributed by atoms with E-state index in [2.05, 4.69) is 5.32 Å². The summed E-state index contributed by atoms with van der Waals surface area (Å²) in [5.74, 6) is -1.38. The fourth-order valence-electron chi connectivity index (χ4n) is 2.99. The molecule has 3 rings (SSSR count). The van der Waals surface area contributed by atoms with Crippen LogP contribution in [0.3, 0.4) is 0 Å². The molecule has 1 N–H and O–H groups in total. The lowest BCUT2D eigenvalue weighted by molar-refractivity contribution is -0.186. The number of benzene rings is 2. The minimum Gasteiger partial charge on any atom is -0.489 e. The van der Waals surface area contributed by atoms with Crippen LogP contribution < -0.4 is 10.1 Å². The van der Waals surface area contributed by atoms with Crippen molar-refractivity contribution in [2.75, 3.05) is 24.7 Å². The van der Waals surface area contributed by atoms with E-state index in [1.165, 1.54) is 24.3 Å². The molecule has 29 heavy (non-hydrogen) atoms. The molecule has 6 nitrogen and oxygen atoms in total. The Labute approximate surface area is 166 Å². The molecule has 2 aromatic rings. The molecule has 2 aromatic carbocycles. The quantitative estimate of drug-likeness (QED) is 0.793. The lowest BCUT2D eigenvalue weighted by Crippen LogP contribution is -2.48. The van der Waals surface area contributed by atoms with Gasteiger partial charge in [0.05, 0.1) is 16.6 Å². The Kier molecular flexibility index (Phi) is 5.74. The van der Waals surface area contributed by atoms with E-state index in [4.69, 9.17) is 4.74 Å². The number of halogens is 3. The maximum Gasteiger partial charge on any atom is 0.471 e. The number of fused-ring (bicyclic) bond motifs is 1. The highest BCUT2D eigenvalue weighted by Gasteiger charge is 2.43. The van der Waals surface area contributed by atoms with E-state index in [9.17, 15) is 26.4 Å². The Morgan fingerprint density at radius 1 is 1.17 bits per heavy atom. The summed E-state index contributed by atoms with van der Waals surface area (Å²) >= 11 is 0. The first-order chi connectivity index (χ1) is 13.5. The largest absolute Gasteiger partial charge is 0.489 e. The van der Waals surface area contributed by atoms with Crippen molar-refractivity contribution in [2.45, 2.75) is 23.7 Å². The molecule has 1 atom stereocenters. The van der Waals surface area contributed by atoms with E-state index >= 15 is 0 Å². The van der Waals surface area contributed by atoms with Crippen molar-refractivity contribution in [3.8, 4) is 5.75 Å². The van der Waals surface area contributed by atoms with Crippen LogP contribution in [0, 0.1) is 0 Å². The van der Waals surface area contributed by atoms with E-state index < -0.39 is 28.0 Å². The number of rotatable bonds is 5. The number of anilines is 1. The maximum absolute atomic E-state index is 13.1. The lowest BCUT2D eigenvalue weighted by atomic mass is 10.1. The summed E-state index contributed by atoms with van der Waals surface area (Å²) in [4.78, 5) is 12.7. The average Bonchev–Trinajstić information content (AvgIpc) is 2.66. The Hall–Kier alpha value is -2.75. The van der Waals surface area contributed by atoms with Gasteiger partial charge in [-0.1, -0.05) is 24.3 Å². The molecular formula is C19H19F3N2O4S. The number of ether oxygens (including phenoxy) is 1. The van der Waals surface area contributed by atoms with Gasteiger partial charge in [-0.05, 0) is 29.8 Å². The Balaban J connectivity index is 1.78. The second kappa shape index (κ2) is 7.94. The van der Waals surface area contributed by atoms with E-state index in [1.54, 1.807) is 24.3 Å². The Morgan fingerprint density at radius 3 is 2.45 bits per heavy atom. The van der Waals surface area contributed by atoms with Crippen molar-refractivity contribution in [1.29, 1.82) is 0 Å². The minimum atomic E-state index is -5.03. The molecule has 0 saturated heterocycles. The van der Waals surface area contributed by atoms with Gasteiger partial charge in [0, 0.05) is 19.3 Å².